The lowest BCUT2D eigenvalue weighted by Gasteiger charge is -2.31. The van der Waals surface area contributed by atoms with Crippen molar-refractivity contribution in [2.24, 2.45) is 5.41 Å². The maximum absolute atomic E-state index is 5.00. The van der Waals surface area contributed by atoms with E-state index in [4.69, 9.17) is 4.98 Å². The van der Waals surface area contributed by atoms with Gasteiger partial charge in [-0.1, -0.05) is 19.9 Å². The number of hydrogen-bond acceptors (Lipinski definition) is 2. The Hall–Kier alpha value is -0.890. The maximum Gasteiger partial charge on any atom is 0.0444 e. The molecule has 0 spiro atoms. The van der Waals surface area contributed by atoms with Crippen LogP contribution >= 0.6 is 0 Å². The van der Waals surface area contributed by atoms with E-state index < -0.39 is 0 Å². The lowest BCUT2D eigenvalue weighted by molar-refractivity contribution is 0.309. The molecule has 1 N–H and O–H groups in total. The van der Waals surface area contributed by atoms with E-state index in [0.29, 0.717) is 11.3 Å². The number of pyridine rings is 1. The molecule has 0 aromatic carbocycles. The summed E-state index contributed by atoms with van der Waals surface area (Å²) in [5.41, 5.74) is 4.65. The molecule has 0 saturated carbocycles. The number of fused-ring (bicyclic) bond motifs is 1. The Labute approximate surface area is 110 Å². The van der Waals surface area contributed by atoms with Crippen molar-refractivity contribution in [3.05, 3.63) is 29.1 Å². The summed E-state index contributed by atoms with van der Waals surface area (Å²) in [6.45, 7) is 7.04. The number of rotatable bonds is 1. The van der Waals surface area contributed by atoms with Gasteiger partial charge in [-0.05, 0) is 62.2 Å². The van der Waals surface area contributed by atoms with Gasteiger partial charge >= 0.3 is 0 Å². The second-order valence-electron chi connectivity index (χ2n) is 6.71. The Morgan fingerprint density at radius 2 is 2.00 bits per heavy atom. The van der Waals surface area contributed by atoms with Gasteiger partial charge < -0.3 is 5.32 Å². The number of aryl methyl sites for hydroxylation is 1. The minimum atomic E-state index is 0.437. The van der Waals surface area contributed by atoms with E-state index in [1.54, 1.807) is 0 Å². The SMILES string of the molecule is CC1(C)CCc2ccc(C3CCNCC3)nc2C1. The predicted octanol–water partition coefficient (Wildman–Crippen LogP) is 3.06. The number of nitrogens with zero attached hydrogens (tertiary/aromatic N) is 1. The number of hydrogen-bond donors (Lipinski definition) is 1. The first-order valence-corrected chi connectivity index (χ1v) is 7.33. The highest BCUT2D eigenvalue weighted by molar-refractivity contribution is 5.28. The van der Waals surface area contributed by atoms with E-state index in [9.17, 15) is 0 Å². The van der Waals surface area contributed by atoms with Crippen LogP contribution in [0.2, 0.25) is 0 Å². The average molecular weight is 244 g/mol. The van der Waals surface area contributed by atoms with Crippen molar-refractivity contribution in [3.63, 3.8) is 0 Å². The van der Waals surface area contributed by atoms with Gasteiger partial charge in [-0.2, -0.15) is 0 Å². The minimum absolute atomic E-state index is 0.437. The van der Waals surface area contributed by atoms with Crippen molar-refractivity contribution in [1.82, 2.24) is 10.3 Å². The molecule has 0 radical (unpaired) electrons. The molecule has 1 saturated heterocycles. The third-order valence-corrected chi connectivity index (χ3v) is 4.56. The highest BCUT2D eigenvalue weighted by atomic mass is 14.9. The molecule has 1 aliphatic heterocycles. The van der Waals surface area contributed by atoms with E-state index in [0.717, 1.165) is 19.5 Å². The minimum Gasteiger partial charge on any atom is -0.317 e. The van der Waals surface area contributed by atoms with Gasteiger partial charge in [-0.15, -0.1) is 0 Å². The van der Waals surface area contributed by atoms with Crippen LogP contribution in [0.4, 0.5) is 0 Å². The van der Waals surface area contributed by atoms with Crippen LogP contribution in [0, 0.1) is 5.41 Å². The Morgan fingerprint density at radius 1 is 1.22 bits per heavy atom. The van der Waals surface area contributed by atoms with E-state index in [1.807, 2.05) is 0 Å². The summed E-state index contributed by atoms with van der Waals surface area (Å²) < 4.78 is 0. The first-order valence-electron chi connectivity index (χ1n) is 7.33. The fraction of sp³-hybridized carbons (Fsp3) is 0.688. The molecule has 0 atom stereocenters. The van der Waals surface area contributed by atoms with Gasteiger partial charge in [-0.25, -0.2) is 0 Å². The molecule has 0 bridgehead atoms. The quantitative estimate of drug-likeness (QED) is 0.821. The molecule has 2 heteroatoms. The van der Waals surface area contributed by atoms with Gasteiger partial charge in [0.05, 0.1) is 0 Å². The molecular formula is C16H24N2. The number of piperidine rings is 1. The predicted molar refractivity (Wildman–Crippen MR) is 74.9 cm³/mol. The van der Waals surface area contributed by atoms with Crippen molar-refractivity contribution in [1.29, 1.82) is 0 Å². The standard InChI is InChI=1S/C16H24N2/c1-16(2)8-5-12-3-4-14(18-15(12)11-16)13-6-9-17-10-7-13/h3-4,13,17H,5-11H2,1-2H3. The summed E-state index contributed by atoms with van der Waals surface area (Å²) in [4.78, 5) is 5.00. The second-order valence-corrected chi connectivity index (χ2v) is 6.71. The van der Waals surface area contributed by atoms with E-state index in [2.05, 4.69) is 31.3 Å². The fourth-order valence-corrected chi connectivity index (χ4v) is 3.29. The Morgan fingerprint density at radius 3 is 2.78 bits per heavy atom. The topological polar surface area (TPSA) is 24.9 Å². The van der Waals surface area contributed by atoms with Crippen molar-refractivity contribution in [3.8, 4) is 0 Å². The highest BCUT2D eigenvalue weighted by Gasteiger charge is 2.27. The van der Waals surface area contributed by atoms with Crippen LogP contribution in [0.15, 0.2) is 12.1 Å². The third kappa shape index (κ3) is 2.44. The second kappa shape index (κ2) is 4.65. The van der Waals surface area contributed by atoms with Gasteiger partial charge in [0.1, 0.15) is 0 Å². The monoisotopic (exact) mass is 244 g/mol. The lowest BCUT2D eigenvalue weighted by atomic mass is 9.76. The van der Waals surface area contributed by atoms with Crippen LogP contribution in [-0.4, -0.2) is 18.1 Å². The molecule has 0 unspecified atom stereocenters. The van der Waals surface area contributed by atoms with Crippen LogP contribution in [0.3, 0.4) is 0 Å². The van der Waals surface area contributed by atoms with Crippen molar-refractivity contribution >= 4 is 0 Å². The highest BCUT2D eigenvalue weighted by Crippen LogP contribution is 2.35. The zero-order chi connectivity index (χ0) is 12.6. The molecule has 98 valence electrons. The zero-order valence-electron chi connectivity index (χ0n) is 11.6. The number of aromatic nitrogens is 1. The molecular weight excluding hydrogens is 220 g/mol. The summed E-state index contributed by atoms with van der Waals surface area (Å²) >= 11 is 0. The van der Waals surface area contributed by atoms with Crippen molar-refractivity contribution in [2.75, 3.05) is 13.1 Å². The van der Waals surface area contributed by atoms with Crippen LogP contribution in [0.5, 0.6) is 0 Å². The van der Waals surface area contributed by atoms with Crippen molar-refractivity contribution < 1.29 is 0 Å². The Bertz CT molecular complexity index is 431. The van der Waals surface area contributed by atoms with Gasteiger partial charge in [-0.3, -0.25) is 4.98 Å². The van der Waals surface area contributed by atoms with Gasteiger partial charge in [0.2, 0.25) is 0 Å². The van der Waals surface area contributed by atoms with E-state index in [-0.39, 0.29) is 0 Å². The first-order chi connectivity index (χ1) is 8.64. The molecule has 2 heterocycles. The Kier molecular flexibility index (Phi) is 3.14. The molecule has 3 rings (SSSR count). The molecule has 0 amide bonds. The summed E-state index contributed by atoms with van der Waals surface area (Å²) in [6.07, 6.45) is 6.15. The van der Waals surface area contributed by atoms with Gasteiger partial charge in [0, 0.05) is 17.3 Å². The third-order valence-electron chi connectivity index (χ3n) is 4.56. The summed E-state index contributed by atoms with van der Waals surface area (Å²) in [7, 11) is 0. The smallest absolute Gasteiger partial charge is 0.0444 e. The van der Waals surface area contributed by atoms with Gasteiger partial charge in [0.15, 0.2) is 0 Å². The Balaban J connectivity index is 1.85. The van der Waals surface area contributed by atoms with Crippen molar-refractivity contribution in [2.45, 2.75) is 51.9 Å². The molecule has 2 nitrogen and oxygen atoms in total. The lowest BCUT2D eigenvalue weighted by Crippen LogP contribution is -2.28. The fourth-order valence-electron chi connectivity index (χ4n) is 3.29. The molecule has 2 aliphatic rings. The van der Waals surface area contributed by atoms with Crippen LogP contribution in [0.1, 0.15) is 56.0 Å². The largest absolute Gasteiger partial charge is 0.317 e. The zero-order valence-corrected chi connectivity index (χ0v) is 11.6. The molecule has 1 fully saturated rings. The molecule has 1 aromatic heterocycles. The maximum atomic E-state index is 5.00. The van der Waals surface area contributed by atoms with E-state index >= 15 is 0 Å². The van der Waals surface area contributed by atoms with Gasteiger partial charge in [0.25, 0.3) is 0 Å². The molecule has 1 aromatic rings. The average Bonchev–Trinajstić information content (AvgIpc) is 2.38. The van der Waals surface area contributed by atoms with Crippen LogP contribution < -0.4 is 5.32 Å². The normalized spacial score (nSPS) is 23.7. The van der Waals surface area contributed by atoms with Crippen LogP contribution in [-0.2, 0) is 12.8 Å². The molecule has 18 heavy (non-hydrogen) atoms. The first kappa shape index (κ1) is 12.2. The molecule has 1 aliphatic carbocycles. The summed E-state index contributed by atoms with van der Waals surface area (Å²) in [5.74, 6) is 0.682. The summed E-state index contributed by atoms with van der Waals surface area (Å²) in [6, 6.07) is 4.63. The van der Waals surface area contributed by atoms with E-state index in [1.165, 1.54) is 42.6 Å². The summed E-state index contributed by atoms with van der Waals surface area (Å²) in [5, 5.41) is 3.43. The number of nitrogens with one attached hydrogen (secondary N) is 1. The van der Waals surface area contributed by atoms with Crippen LogP contribution in [0.25, 0.3) is 0 Å².